The minimum atomic E-state index is -0.365. The second kappa shape index (κ2) is 12.3. The van der Waals surface area contributed by atoms with Gasteiger partial charge in [-0.05, 0) is 81.0 Å². The molecule has 8 nitrogen and oxygen atoms in total. The number of aromatic nitrogens is 3. The fourth-order valence-corrected chi connectivity index (χ4v) is 7.12. The number of aliphatic hydroxyl groups is 1. The molecule has 3 fully saturated rings. The standard InChI is InChI=1S/C35H41FN6O2/c1-24-14-25(8-11-38-24)18-41(30-5-3-12-39(22-30)29-4-2-10-37-17-29)20-27-21-42(28-6-7-28)33-16-34(32(36)15-31(33)35(27)44)40-13-9-26(19-40)23-43/h2,4,8,10-11,14-17,21,26,28,30,43H,3,5-7,9,12-13,18-20,22-23H2,1H3/t26-,30+/m1/s1. The molecule has 3 aliphatic rings. The highest BCUT2D eigenvalue weighted by Crippen LogP contribution is 2.39. The summed E-state index contributed by atoms with van der Waals surface area (Å²) in [5.74, 6) is -0.210. The van der Waals surface area contributed by atoms with Crippen molar-refractivity contribution in [2.45, 2.75) is 64.2 Å². The Hall–Kier alpha value is -3.82. The van der Waals surface area contributed by atoms with Crippen LogP contribution in [0.1, 0.15) is 55.0 Å². The third kappa shape index (κ3) is 5.95. The SMILES string of the molecule is Cc1cc(CN(Cc2cn(C3CC3)c3cc(N4CC[C@@H](CO)C4)c(F)cc3c2=O)[C@H]2CCCN(c3cccnc3)C2)ccn1. The van der Waals surface area contributed by atoms with Gasteiger partial charge in [-0.25, -0.2) is 4.39 Å². The average Bonchev–Trinajstić information content (AvgIpc) is 3.78. The van der Waals surface area contributed by atoms with E-state index in [-0.39, 0.29) is 29.8 Å². The zero-order chi connectivity index (χ0) is 30.2. The van der Waals surface area contributed by atoms with Crippen LogP contribution in [0.3, 0.4) is 0 Å². The molecule has 0 unspecified atom stereocenters. The van der Waals surface area contributed by atoms with Gasteiger partial charge in [0.2, 0.25) is 0 Å². The van der Waals surface area contributed by atoms with Crippen LogP contribution < -0.4 is 15.2 Å². The van der Waals surface area contributed by atoms with Crippen LogP contribution in [0.5, 0.6) is 0 Å². The summed E-state index contributed by atoms with van der Waals surface area (Å²) in [5.41, 5.74) is 5.22. The molecule has 2 aliphatic heterocycles. The van der Waals surface area contributed by atoms with Crippen molar-refractivity contribution in [2.24, 2.45) is 5.92 Å². The zero-order valence-corrected chi connectivity index (χ0v) is 25.4. The Labute approximate surface area is 257 Å². The Bertz CT molecular complexity index is 1690. The Kier molecular flexibility index (Phi) is 8.08. The Balaban J connectivity index is 1.25. The Morgan fingerprint density at radius 3 is 2.66 bits per heavy atom. The molecule has 2 atom stereocenters. The molecule has 3 aromatic heterocycles. The van der Waals surface area contributed by atoms with Crippen LogP contribution in [-0.4, -0.2) is 63.4 Å². The summed E-state index contributed by atoms with van der Waals surface area (Å²) in [6.07, 6.45) is 12.7. The lowest BCUT2D eigenvalue weighted by Crippen LogP contribution is -2.48. The smallest absolute Gasteiger partial charge is 0.193 e. The maximum Gasteiger partial charge on any atom is 0.193 e. The van der Waals surface area contributed by atoms with Gasteiger partial charge in [0, 0.05) is 99.1 Å². The van der Waals surface area contributed by atoms with E-state index in [4.69, 9.17) is 0 Å². The summed E-state index contributed by atoms with van der Waals surface area (Å²) in [4.78, 5) is 29.7. The molecule has 2 saturated heterocycles. The summed E-state index contributed by atoms with van der Waals surface area (Å²) in [5, 5.41) is 10.1. The minimum absolute atomic E-state index is 0.0900. The summed E-state index contributed by atoms with van der Waals surface area (Å²) in [6, 6.07) is 12.2. The molecule has 1 N–H and O–H groups in total. The van der Waals surface area contributed by atoms with Crippen molar-refractivity contribution in [1.82, 2.24) is 19.4 Å². The van der Waals surface area contributed by atoms with Gasteiger partial charge in [-0.15, -0.1) is 0 Å². The predicted molar refractivity (Wildman–Crippen MR) is 172 cm³/mol. The normalized spacial score (nSPS) is 20.6. The summed E-state index contributed by atoms with van der Waals surface area (Å²) in [7, 11) is 0. The quantitative estimate of drug-likeness (QED) is 0.289. The number of nitrogens with zero attached hydrogens (tertiary/aromatic N) is 6. The van der Waals surface area contributed by atoms with Crippen LogP contribution in [0, 0.1) is 18.7 Å². The van der Waals surface area contributed by atoms with E-state index < -0.39 is 0 Å². The molecule has 230 valence electrons. The number of benzene rings is 1. The first kappa shape index (κ1) is 28.9. The van der Waals surface area contributed by atoms with Gasteiger partial charge in [-0.1, -0.05) is 0 Å². The molecular formula is C35H41FN6O2. The van der Waals surface area contributed by atoms with Crippen molar-refractivity contribution in [3.05, 3.63) is 94.0 Å². The first-order valence-electron chi connectivity index (χ1n) is 16.0. The first-order chi connectivity index (χ1) is 21.5. The van der Waals surface area contributed by atoms with Crippen molar-refractivity contribution in [3.8, 4) is 0 Å². The van der Waals surface area contributed by atoms with Crippen molar-refractivity contribution >= 4 is 22.3 Å². The lowest BCUT2D eigenvalue weighted by molar-refractivity contribution is 0.158. The summed E-state index contributed by atoms with van der Waals surface area (Å²) in [6.45, 7) is 6.47. The number of hydrogen-bond donors (Lipinski definition) is 1. The molecule has 1 aromatic carbocycles. The lowest BCUT2D eigenvalue weighted by atomic mass is 10.0. The first-order valence-corrected chi connectivity index (χ1v) is 16.0. The highest BCUT2D eigenvalue weighted by Gasteiger charge is 2.31. The molecule has 1 aliphatic carbocycles. The zero-order valence-electron chi connectivity index (χ0n) is 25.4. The summed E-state index contributed by atoms with van der Waals surface area (Å²) < 4.78 is 17.9. The number of anilines is 2. The number of aliphatic hydroxyl groups excluding tert-OH is 1. The van der Waals surface area contributed by atoms with Gasteiger partial charge in [-0.3, -0.25) is 19.7 Å². The molecule has 1 saturated carbocycles. The average molecular weight is 597 g/mol. The lowest BCUT2D eigenvalue weighted by Gasteiger charge is -2.40. The molecule has 9 heteroatoms. The molecule has 7 rings (SSSR count). The largest absolute Gasteiger partial charge is 0.396 e. The van der Waals surface area contributed by atoms with Gasteiger partial charge < -0.3 is 19.5 Å². The van der Waals surface area contributed by atoms with Crippen LogP contribution in [0.2, 0.25) is 0 Å². The number of pyridine rings is 3. The van der Waals surface area contributed by atoms with Gasteiger partial charge in [0.25, 0.3) is 0 Å². The number of fused-ring (bicyclic) bond motifs is 1. The van der Waals surface area contributed by atoms with Crippen LogP contribution in [0.25, 0.3) is 10.9 Å². The molecule has 0 bridgehead atoms. The Morgan fingerprint density at radius 2 is 1.91 bits per heavy atom. The fraction of sp³-hybridized carbons (Fsp3) is 0.457. The number of rotatable bonds is 9. The second-order valence-electron chi connectivity index (χ2n) is 12.9. The number of hydrogen-bond acceptors (Lipinski definition) is 7. The monoisotopic (exact) mass is 596 g/mol. The third-order valence-corrected chi connectivity index (χ3v) is 9.64. The van der Waals surface area contributed by atoms with Crippen LogP contribution >= 0.6 is 0 Å². The Morgan fingerprint density at radius 1 is 1.02 bits per heavy atom. The molecule has 0 spiro atoms. The number of aryl methyl sites for hydroxylation is 1. The molecule has 44 heavy (non-hydrogen) atoms. The molecule has 0 radical (unpaired) electrons. The molecule has 4 aromatic rings. The maximum absolute atomic E-state index is 15.7. The van der Waals surface area contributed by atoms with E-state index in [1.54, 1.807) is 6.20 Å². The van der Waals surface area contributed by atoms with Crippen LogP contribution in [0.15, 0.2) is 66.0 Å². The van der Waals surface area contributed by atoms with E-state index in [0.29, 0.717) is 48.9 Å². The van der Waals surface area contributed by atoms with E-state index in [1.165, 1.54) is 11.6 Å². The van der Waals surface area contributed by atoms with E-state index in [2.05, 4.69) is 48.7 Å². The topological polar surface area (TPSA) is 77.7 Å². The van der Waals surface area contributed by atoms with Gasteiger partial charge >= 0.3 is 0 Å². The fourth-order valence-electron chi connectivity index (χ4n) is 7.12. The number of halogens is 1. The molecular weight excluding hydrogens is 555 g/mol. The van der Waals surface area contributed by atoms with Crippen molar-refractivity contribution in [2.75, 3.05) is 42.6 Å². The van der Waals surface area contributed by atoms with Gasteiger partial charge in [0.05, 0.1) is 23.1 Å². The van der Waals surface area contributed by atoms with Crippen LogP contribution in [0.4, 0.5) is 15.8 Å². The highest BCUT2D eigenvalue weighted by molar-refractivity contribution is 5.84. The van der Waals surface area contributed by atoms with Crippen molar-refractivity contribution in [3.63, 3.8) is 0 Å². The van der Waals surface area contributed by atoms with E-state index in [9.17, 15) is 9.90 Å². The minimum Gasteiger partial charge on any atom is -0.396 e. The van der Waals surface area contributed by atoms with E-state index in [1.807, 2.05) is 36.4 Å². The van der Waals surface area contributed by atoms with E-state index in [0.717, 1.165) is 62.1 Å². The van der Waals surface area contributed by atoms with Crippen molar-refractivity contribution < 1.29 is 9.50 Å². The third-order valence-electron chi connectivity index (χ3n) is 9.64. The van der Waals surface area contributed by atoms with Crippen LogP contribution in [-0.2, 0) is 13.1 Å². The van der Waals surface area contributed by atoms with E-state index >= 15 is 4.39 Å². The van der Waals surface area contributed by atoms with Gasteiger partial charge in [-0.2, -0.15) is 0 Å². The van der Waals surface area contributed by atoms with Gasteiger partial charge in [0.1, 0.15) is 5.82 Å². The second-order valence-corrected chi connectivity index (χ2v) is 12.9. The number of piperidine rings is 1. The summed E-state index contributed by atoms with van der Waals surface area (Å²) >= 11 is 0. The maximum atomic E-state index is 15.7. The predicted octanol–water partition coefficient (Wildman–Crippen LogP) is 5.06. The van der Waals surface area contributed by atoms with Gasteiger partial charge in [0.15, 0.2) is 5.43 Å². The molecule has 5 heterocycles. The highest BCUT2D eigenvalue weighted by atomic mass is 19.1. The van der Waals surface area contributed by atoms with Crippen molar-refractivity contribution in [1.29, 1.82) is 0 Å². The molecule has 0 amide bonds.